The molecule has 0 aliphatic carbocycles. The van der Waals surface area contributed by atoms with Crippen molar-refractivity contribution < 1.29 is 4.52 Å². The van der Waals surface area contributed by atoms with Gasteiger partial charge in [-0.1, -0.05) is 5.16 Å². The minimum atomic E-state index is -0.488. The highest BCUT2D eigenvalue weighted by Crippen LogP contribution is 1.96. The van der Waals surface area contributed by atoms with Crippen LogP contribution in [0.2, 0.25) is 0 Å². The van der Waals surface area contributed by atoms with Gasteiger partial charge in [-0.25, -0.2) is 4.79 Å². The van der Waals surface area contributed by atoms with E-state index in [0.29, 0.717) is 17.3 Å². The first kappa shape index (κ1) is 10.3. The Bertz CT molecular complexity index is 622. The highest BCUT2D eigenvalue weighted by molar-refractivity contribution is 5.02. The molecule has 0 saturated heterocycles. The maximum absolute atomic E-state index is 11.4. The highest BCUT2D eigenvalue weighted by Gasteiger charge is 2.06. The first-order valence-corrected chi connectivity index (χ1v) is 4.66. The second-order valence-electron chi connectivity index (χ2n) is 3.43. The maximum atomic E-state index is 11.4. The Labute approximate surface area is 89.7 Å². The minimum Gasteiger partial charge on any atom is -0.340 e. The average molecular weight is 222 g/mol. The normalized spacial score (nSPS) is 10.6. The van der Waals surface area contributed by atoms with Gasteiger partial charge in [0.05, 0.1) is 6.54 Å². The van der Waals surface area contributed by atoms with Crippen LogP contribution < -0.4 is 11.2 Å². The third-order valence-corrected chi connectivity index (χ3v) is 2.07. The van der Waals surface area contributed by atoms with E-state index in [1.165, 1.54) is 10.8 Å². The van der Waals surface area contributed by atoms with Crippen LogP contribution in [0.5, 0.6) is 0 Å². The maximum Gasteiger partial charge on any atom is 0.328 e. The Balaban J connectivity index is 2.39. The number of nitrogens with one attached hydrogen (secondary N) is 1. The first-order valence-electron chi connectivity index (χ1n) is 4.66. The van der Waals surface area contributed by atoms with Crippen molar-refractivity contribution in [2.45, 2.75) is 20.4 Å². The molecule has 2 aromatic rings. The number of hydrogen-bond acceptors (Lipinski definition) is 5. The summed E-state index contributed by atoms with van der Waals surface area (Å²) in [6, 6.07) is 0. The van der Waals surface area contributed by atoms with Gasteiger partial charge in [-0.15, -0.1) is 0 Å². The number of H-pyrrole nitrogens is 1. The molecule has 0 radical (unpaired) electrons. The van der Waals surface area contributed by atoms with E-state index < -0.39 is 5.69 Å². The first-order chi connectivity index (χ1) is 7.56. The standard InChI is InChI=1S/C9H10N4O3/c1-5-3-13(9(15)11-8(5)14)4-7-10-6(2)16-12-7/h3H,4H2,1-2H3,(H,11,14,15). The molecule has 0 aromatic carbocycles. The van der Waals surface area contributed by atoms with Crippen LogP contribution in [-0.4, -0.2) is 19.7 Å². The van der Waals surface area contributed by atoms with Gasteiger partial charge in [-0.3, -0.25) is 14.3 Å². The van der Waals surface area contributed by atoms with Crippen molar-refractivity contribution in [3.05, 3.63) is 44.3 Å². The molecule has 0 saturated carbocycles. The van der Waals surface area contributed by atoms with Crippen molar-refractivity contribution in [1.29, 1.82) is 0 Å². The van der Waals surface area contributed by atoms with Crippen molar-refractivity contribution in [3.8, 4) is 0 Å². The summed E-state index contributed by atoms with van der Waals surface area (Å²) in [5.41, 5.74) is -0.414. The van der Waals surface area contributed by atoms with Gasteiger partial charge in [0, 0.05) is 18.7 Å². The number of aromatic amines is 1. The second kappa shape index (κ2) is 3.76. The van der Waals surface area contributed by atoms with E-state index in [9.17, 15) is 9.59 Å². The Hall–Kier alpha value is -2.18. The summed E-state index contributed by atoms with van der Waals surface area (Å²) in [6.07, 6.45) is 1.47. The van der Waals surface area contributed by atoms with E-state index in [1.807, 2.05) is 0 Å². The predicted molar refractivity (Wildman–Crippen MR) is 54.2 cm³/mol. The molecule has 7 heteroatoms. The zero-order valence-electron chi connectivity index (χ0n) is 8.85. The number of rotatable bonds is 2. The van der Waals surface area contributed by atoms with Crippen molar-refractivity contribution in [2.24, 2.45) is 0 Å². The molecule has 0 atom stereocenters. The van der Waals surface area contributed by atoms with Gasteiger partial charge in [-0.05, 0) is 6.92 Å². The van der Waals surface area contributed by atoms with Crippen LogP contribution in [0.25, 0.3) is 0 Å². The molecule has 0 spiro atoms. The van der Waals surface area contributed by atoms with Crippen molar-refractivity contribution in [1.82, 2.24) is 19.7 Å². The Morgan fingerprint density at radius 1 is 1.44 bits per heavy atom. The largest absolute Gasteiger partial charge is 0.340 e. The third kappa shape index (κ3) is 1.92. The van der Waals surface area contributed by atoms with Crippen LogP contribution >= 0.6 is 0 Å². The van der Waals surface area contributed by atoms with E-state index >= 15 is 0 Å². The molecule has 0 bridgehead atoms. The molecule has 2 aromatic heterocycles. The average Bonchev–Trinajstić information content (AvgIpc) is 2.60. The summed E-state index contributed by atoms with van der Waals surface area (Å²) in [5.74, 6) is 0.829. The quantitative estimate of drug-likeness (QED) is 0.745. The van der Waals surface area contributed by atoms with Crippen LogP contribution in [0.3, 0.4) is 0 Å². The Morgan fingerprint density at radius 2 is 2.19 bits per heavy atom. The van der Waals surface area contributed by atoms with Crippen LogP contribution in [0, 0.1) is 13.8 Å². The number of hydrogen-bond donors (Lipinski definition) is 1. The Morgan fingerprint density at radius 3 is 2.81 bits per heavy atom. The van der Waals surface area contributed by atoms with Crippen molar-refractivity contribution >= 4 is 0 Å². The van der Waals surface area contributed by atoms with Crippen LogP contribution in [0.15, 0.2) is 20.3 Å². The topological polar surface area (TPSA) is 93.8 Å². The lowest BCUT2D eigenvalue weighted by molar-refractivity contribution is 0.385. The molecule has 0 amide bonds. The number of nitrogens with zero attached hydrogens (tertiary/aromatic N) is 3. The summed E-state index contributed by atoms with van der Waals surface area (Å²) in [6.45, 7) is 3.46. The molecule has 0 fully saturated rings. The number of aromatic nitrogens is 4. The summed E-state index contributed by atoms with van der Waals surface area (Å²) in [5, 5.41) is 3.67. The van der Waals surface area contributed by atoms with Crippen LogP contribution in [0.4, 0.5) is 0 Å². The second-order valence-corrected chi connectivity index (χ2v) is 3.43. The molecule has 0 aliphatic rings. The van der Waals surface area contributed by atoms with Crippen molar-refractivity contribution in [2.75, 3.05) is 0 Å². The fourth-order valence-corrected chi connectivity index (χ4v) is 1.29. The van der Waals surface area contributed by atoms with E-state index in [-0.39, 0.29) is 12.1 Å². The van der Waals surface area contributed by atoms with E-state index in [4.69, 9.17) is 4.52 Å². The SMILES string of the molecule is Cc1nc(Cn2cc(C)c(=O)[nH]c2=O)no1. The lowest BCUT2D eigenvalue weighted by Gasteiger charge is -2.01. The van der Waals surface area contributed by atoms with Crippen LogP contribution in [0.1, 0.15) is 17.3 Å². The summed E-state index contributed by atoms with van der Waals surface area (Å²) in [4.78, 5) is 28.7. The van der Waals surface area contributed by atoms with Gasteiger partial charge in [0.2, 0.25) is 5.89 Å². The zero-order chi connectivity index (χ0) is 11.7. The summed E-state index contributed by atoms with van der Waals surface area (Å²) >= 11 is 0. The molecule has 84 valence electrons. The summed E-state index contributed by atoms with van der Waals surface area (Å²) < 4.78 is 6.10. The smallest absolute Gasteiger partial charge is 0.328 e. The monoisotopic (exact) mass is 222 g/mol. The van der Waals surface area contributed by atoms with Crippen LogP contribution in [-0.2, 0) is 6.54 Å². The van der Waals surface area contributed by atoms with E-state index in [1.54, 1.807) is 13.8 Å². The van der Waals surface area contributed by atoms with E-state index in [2.05, 4.69) is 15.1 Å². The third-order valence-electron chi connectivity index (χ3n) is 2.07. The molecule has 7 nitrogen and oxygen atoms in total. The Kier molecular flexibility index (Phi) is 2.43. The van der Waals surface area contributed by atoms with Gasteiger partial charge >= 0.3 is 5.69 Å². The van der Waals surface area contributed by atoms with Gasteiger partial charge in [-0.2, -0.15) is 4.98 Å². The molecule has 16 heavy (non-hydrogen) atoms. The molecule has 1 N–H and O–H groups in total. The highest BCUT2D eigenvalue weighted by atomic mass is 16.5. The minimum absolute atomic E-state index is 0.174. The molecule has 0 aliphatic heterocycles. The van der Waals surface area contributed by atoms with Gasteiger partial charge in [0.25, 0.3) is 5.56 Å². The lowest BCUT2D eigenvalue weighted by atomic mass is 10.4. The van der Waals surface area contributed by atoms with E-state index in [0.717, 1.165) is 0 Å². The van der Waals surface area contributed by atoms with Gasteiger partial charge in [0.15, 0.2) is 5.82 Å². The zero-order valence-corrected chi connectivity index (χ0v) is 8.85. The molecule has 2 heterocycles. The molecular weight excluding hydrogens is 212 g/mol. The molecule has 0 unspecified atom stereocenters. The van der Waals surface area contributed by atoms with Gasteiger partial charge < -0.3 is 4.52 Å². The van der Waals surface area contributed by atoms with Gasteiger partial charge in [0.1, 0.15) is 0 Å². The molecular formula is C9H10N4O3. The number of aryl methyl sites for hydroxylation is 2. The molecule has 2 rings (SSSR count). The predicted octanol–water partition coefficient (Wildman–Crippen LogP) is -0.415. The van der Waals surface area contributed by atoms with Crippen molar-refractivity contribution in [3.63, 3.8) is 0 Å². The fourth-order valence-electron chi connectivity index (χ4n) is 1.29. The lowest BCUT2D eigenvalue weighted by Crippen LogP contribution is -2.31. The fraction of sp³-hybridized carbons (Fsp3) is 0.333. The summed E-state index contributed by atoms with van der Waals surface area (Å²) in [7, 11) is 0.